The van der Waals surface area contributed by atoms with Gasteiger partial charge in [0.2, 0.25) is 5.75 Å². The van der Waals surface area contributed by atoms with Crippen molar-refractivity contribution < 1.29 is 33.6 Å². The van der Waals surface area contributed by atoms with E-state index in [9.17, 15) is 14.7 Å². The van der Waals surface area contributed by atoms with Gasteiger partial charge in [-0.25, -0.2) is 0 Å². The molecule has 0 aliphatic carbocycles. The number of fused-ring (bicyclic) bond motifs is 1. The van der Waals surface area contributed by atoms with Crippen molar-refractivity contribution in [2.45, 2.75) is 4.90 Å². The van der Waals surface area contributed by atoms with Crippen molar-refractivity contribution in [3.8, 4) is 34.5 Å². The molecule has 1 N–H and O–H groups in total. The van der Waals surface area contributed by atoms with Crippen LogP contribution in [0.15, 0.2) is 34.0 Å². The van der Waals surface area contributed by atoms with Gasteiger partial charge in [0, 0.05) is 35.0 Å². The van der Waals surface area contributed by atoms with Crippen molar-refractivity contribution in [2.75, 3.05) is 60.1 Å². The molecule has 1 aliphatic rings. The third kappa shape index (κ3) is 4.59. The van der Waals surface area contributed by atoms with Crippen molar-refractivity contribution in [1.29, 1.82) is 0 Å². The Kier molecular flexibility index (Phi) is 7.63. The summed E-state index contributed by atoms with van der Waals surface area (Å²) in [5.74, 6) is 3.04. The Bertz CT molecular complexity index is 1370. The van der Waals surface area contributed by atoms with E-state index in [0.717, 1.165) is 0 Å². The number of hydrogen-bond donors (Lipinski definition) is 1. The van der Waals surface area contributed by atoms with Crippen LogP contribution < -0.4 is 29.2 Å². The van der Waals surface area contributed by atoms with Crippen LogP contribution in [0.2, 0.25) is 0 Å². The van der Waals surface area contributed by atoms with Crippen molar-refractivity contribution >= 4 is 27.7 Å². The highest BCUT2D eigenvalue weighted by Gasteiger charge is 2.37. The van der Waals surface area contributed by atoms with Gasteiger partial charge in [0.25, 0.3) is 10.8 Å². The molecule has 1 aromatic heterocycles. The predicted octanol–water partition coefficient (Wildman–Crippen LogP) is 2.42. The zero-order valence-electron chi connectivity index (χ0n) is 21.7. The van der Waals surface area contributed by atoms with Crippen molar-refractivity contribution in [3.05, 3.63) is 40.2 Å². The van der Waals surface area contributed by atoms with Crippen molar-refractivity contribution in [3.63, 3.8) is 0 Å². The summed E-state index contributed by atoms with van der Waals surface area (Å²) in [6.45, 7) is 0.871. The minimum Gasteiger partial charge on any atom is -0.503 e. The van der Waals surface area contributed by atoms with Crippen LogP contribution in [0.5, 0.6) is 34.5 Å². The number of carbonyl (C=O) groups is 1. The van der Waals surface area contributed by atoms with Crippen LogP contribution >= 0.6 is 0 Å². The van der Waals surface area contributed by atoms with Gasteiger partial charge in [0.15, 0.2) is 28.7 Å². The molecule has 1 fully saturated rings. The van der Waals surface area contributed by atoms with Crippen molar-refractivity contribution in [2.24, 2.45) is 7.05 Å². The smallest absolute Gasteiger partial charge is 0.310 e. The monoisotopic (exact) mass is 531 g/mol. The molecule has 0 atom stereocenters. The first kappa shape index (κ1) is 26.3. The van der Waals surface area contributed by atoms with E-state index in [2.05, 4.69) is 0 Å². The highest BCUT2D eigenvalue weighted by atomic mass is 32.2. The minimum absolute atomic E-state index is 0.0493. The summed E-state index contributed by atoms with van der Waals surface area (Å²) >= 11 is 0. The summed E-state index contributed by atoms with van der Waals surface area (Å²) in [6.07, 6.45) is 0. The number of methoxy groups -OCH3 is 5. The number of hydrogen-bond acceptors (Lipinski definition) is 8. The second kappa shape index (κ2) is 10.7. The van der Waals surface area contributed by atoms with Crippen LogP contribution in [-0.2, 0) is 17.9 Å². The molecule has 198 valence electrons. The molecule has 2 heterocycles. The molecule has 0 bridgehead atoms. The molecule has 11 heteroatoms. The first-order valence-corrected chi connectivity index (χ1v) is 13.1. The standard InChI is InChI=1S/C26H30N2O8S/c1-27-17-14-19(33-3)18(32-2)13-16(17)22(29)24(26(27)31)37-9-7-28(8-10-37)25(30)15-11-20(34-4)23(36-6)21(12-15)35-5/h11-14H,7-10H2,1-6H3/p+1. The van der Waals surface area contributed by atoms with Crippen LogP contribution in [0.4, 0.5) is 0 Å². The molecule has 1 amide bonds. The summed E-state index contributed by atoms with van der Waals surface area (Å²) in [4.78, 5) is 28.7. The number of ether oxygens (including phenoxy) is 5. The maximum Gasteiger partial charge on any atom is 0.310 e. The van der Waals surface area contributed by atoms with E-state index >= 15 is 0 Å². The summed E-state index contributed by atoms with van der Waals surface area (Å²) in [5, 5.41) is 11.7. The molecule has 2 aromatic carbocycles. The zero-order chi connectivity index (χ0) is 26.9. The van der Waals surface area contributed by atoms with E-state index in [-0.39, 0.29) is 17.2 Å². The quantitative estimate of drug-likeness (QED) is 0.463. The SMILES string of the molecule is COc1cc2c(O)c([S+]3CCN(C(=O)c4cc(OC)c(OC)c(OC)c4)CC3)c(=O)n(C)c2cc1OC. The average molecular weight is 532 g/mol. The second-order valence-electron chi connectivity index (χ2n) is 8.37. The number of aryl methyl sites for hydroxylation is 1. The number of carbonyl (C=O) groups excluding carboxylic acids is 1. The van der Waals surface area contributed by atoms with Gasteiger partial charge in [-0.2, -0.15) is 0 Å². The number of amides is 1. The van der Waals surface area contributed by atoms with Gasteiger partial charge in [-0.05, 0) is 18.2 Å². The lowest BCUT2D eigenvalue weighted by molar-refractivity contribution is 0.0770. The molecule has 0 spiro atoms. The van der Waals surface area contributed by atoms with Gasteiger partial charge in [-0.1, -0.05) is 0 Å². The zero-order valence-corrected chi connectivity index (χ0v) is 22.6. The van der Waals surface area contributed by atoms with Crippen LogP contribution in [0.3, 0.4) is 0 Å². The third-order valence-corrected chi connectivity index (χ3v) is 8.83. The Balaban J connectivity index is 1.62. The Morgan fingerprint density at radius 2 is 1.38 bits per heavy atom. The van der Waals surface area contributed by atoms with E-state index < -0.39 is 10.9 Å². The van der Waals surface area contributed by atoms with Crippen LogP contribution in [0.1, 0.15) is 10.4 Å². The number of aromatic nitrogens is 1. The molecular weight excluding hydrogens is 500 g/mol. The summed E-state index contributed by atoms with van der Waals surface area (Å²) in [5.41, 5.74) is 0.704. The van der Waals surface area contributed by atoms with E-state index in [0.29, 0.717) is 74.7 Å². The number of rotatable bonds is 7. The minimum atomic E-state index is -0.543. The number of aromatic hydroxyl groups is 1. The molecule has 4 rings (SSSR count). The first-order valence-electron chi connectivity index (χ1n) is 11.5. The molecule has 0 unspecified atom stereocenters. The van der Waals surface area contributed by atoms with Gasteiger partial charge in [-0.15, -0.1) is 0 Å². The summed E-state index contributed by atoms with van der Waals surface area (Å²) < 4.78 is 28.4. The van der Waals surface area contributed by atoms with E-state index in [1.807, 2.05) is 0 Å². The second-order valence-corrected chi connectivity index (χ2v) is 10.6. The first-order chi connectivity index (χ1) is 17.8. The largest absolute Gasteiger partial charge is 0.503 e. The fraction of sp³-hybridized carbons (Fsp3) is 0.385. The van der Waals surface area contributed by atoms with E-state index in [1.165, 1.54) is 40.1 Å². The van der Waals surface area contributed by atoms with Gasteiger partial charge in [0.05, 0.1) is 54.2 Å². The fourth-order valence-electron chi connectivity index (χ4n) is 4.53. The molecule has 0 saturated carbocycles. The van der Waals surface area contributed by atoms with Crippen LogP contribution in [0, 0.1) is 0 Å². The summed E-state index contributed by atoms with van der Waals surface area (Å²) in [7, 11) is 8.68. The normalized spacial score (nSPS) is 13.9. The molecule has 37 heavy (non-hydrogen) atoms. The number of pyridine rings is 1. The highest BCUT2D eigenvalue weighted by molar-refractivity contribution is 7.97. The Morgan fingerprint density at radius 3 is 1.89 bits per heavy atom. The van der Waals surface area contributed by atoms with E-state index in [1.54, 1.807) is 36.2 Å². The Hall–Kier alpha value is -3.73. The Morgan fingerprint density at radius 1 is 0.838 bits per heavy atom. The lowest BCUT2D eigenvalue weighted by Crippen LogP contribution is -2.45. The van der Waals surface area contributed by atoms with Crippen LogP contribution in [0.25, 0.3) is 10.9 Å². The molecule has 3 aromatic rings. The van der Waals surface area contributed by atoms with Crippen molar-refractivity contribution in [1.82, 2.24) is 9.47 Å². The number of benzene rings is 2. The van der Waals surface area contributed by atoms with Crippen LogP contribution in [-0.4, -0.2) is 80.6 Å². The van der Waals surface area contributed by atoms with Gasteiger partial charge in [-0.3, -0.25) is 9.59 Å². The Labute approximate surface area is 217 Å². The average Bonchev–Trinajstić information content (AvgIpc) is 2.94. The summed E-state index contributed by atoms with van der Waals surface area (Å²) in [6, 6.07) is 6.62. The molecular formula is C26H31N2O8S+. The molecule has 0 radical (unpaired) electrons. The lowest BCUT2D eigenvalue weighted by atomic mass is 10.1. The maximum absolute atomic E-state index is 13.3. The van der Waals surface area contributed by atoms with E-state index in [4.69, 9.17) is 23.7 Å². The van der Waals surface area contributed by atoms with Gasteiger partial charge < -0.3 is 38.3 Å². The molecule has 1 aliphatic heterocycles. The predicted molar refractivity (Wildman–Crippen MR) is 141 cm³/mol. The van der Waals surface area contributed by atoms with Gasteiger partial charge in [0.1, 0.15) is 11.5 Å². The molecule has 10 nitrogen and oxygen atoms in total. The fourth-order valence-corrected chi connectivity index (χ4v) is 6.79. The van der Waals surface area contributed by atoms with Gasteiger partial charge >= 0.3 is 5.56 Å². The number of nitrogens with zero attached hydrogens (tertiary/aromatic N) is 2. The highest BCUT2D eigenvalue weighted by Crippen LogP contribution is 2.40. The lowest BCUT2D eigenvalue weighted by Gasteiger charge is -2.27. The maximum atomic E-state index is 13.3. The molecule has 1 saturated heterocycles. The topological polar surface area (TPSA) is 109 Å². The third-order valence-electron chi connectivity index (χ3n) is 6.54.